The normalized spacial score (nSPS) is 25.7. The van der Waals surface area contributed by atoms with E-state index < -0.39 is 0 Å². The third kappa shape index (κ3) is 3.63. The Morgan fingerprint density at radius 1 is 0.864 bits per heavy atom. The van der Waals surface area contributed by atoms with Crippen LogP contribution in [0.1, 0.15) is 61.0 Å². The first-order chi connectivity index (χ1) is 9.92. The Labute approximate surface area is 136 Å². The fourth-order valence-electron chi connectivity index (χ4n) is 3.55. The van der Waals surface area contributed by atoms with Gasteiger partial charge in [0.15, 0.2) is 0 Å². The minimum atomic E-state index is -0.231. The molecule has 2 rings (SSSR count). The number of ether oxygens (including phenoxy) is 1. The Hall–Kier alpha value is -1.08. The molecule has 0 bridgehead atoms. The Morgan fingerprint density at radius 2 is 1.41 bits per heavy atom. The minimum absolute atomic E-state index is 0.101. The van der Waals surface area contributed by atoms with Crippen LogP contribution in [-0.2, 0) is 4.74 Å². The van der Waals surface area contributed by atoms with E-state index in [1.165, 1.54) is 11.1 Å². The van der Waals surface area contributed by atoms with Crippen molar-refractivity contribution < 1.29 is 4.74 Å². The molecule has 22 heavy (non-hydrogen) atoms. The highest BCUT2D eigenvalue weighted by Gasteiger charge is 2.47. The molecular formula is C21H32O. The van der Waals surface area contributed by atoms with Crippen LogP contribution in [0.4, 0.5) is 0 Å². The summed E-state index contributed by atoms with van der Waals surface area (Å²) in [5.74, 6) is 0.378. The fourth-order valence-corrected chi connectivity index (χ4v) is 3.55. The second-order valence-corrected chi connectivity index (χ2v) is 9.32. The molecule has 0 radical (unpaired) electrons. The lowest BCUT2D eigenvalue weighted by Crippen LogP contribution is -2.50. The molecule has 1 aliphatic rings. The van der Waals surface area contributed by atoms with Crippen molar-refractivity contribution in [2.45, 2.75) is 67.1 Å². The summed E-state index contributed by atoms with van der Waals surface area (Å²) in [6.45, 7) is 18.2. The highest BCUT2D eigenvalue weighted by atomic mass is 16.5. The zero-order chi connectivity index (χ0) is 16.8. The second-order valence-electron chi connectivity index (χ2n) is 9.32. The van der Waals surface area contributed by atoms with Crippen LogP contribution in [0.25, 0.3) is 5.57 Å². The van der Waals surface area contributed by atoms with E-state index in [1.807, 2.05) is 0 Å². The van der Waals surface area contributed by atoms with Crippen LogP contribution in [0, 0.1) is 16.7 Å². The second kappa shape index (κ2) is 5.53. The van der Waals surface area contributed by atoms with Crippen LogP contribution in [0.5, 0.6) is 0 Å². The van der Waals surface area contributed by atoms with Gasteiger partial charge in [-0.15, -0.1) is 0 Å². The Morgan fingerprint density at radius 3 is 1.86 bits per heavy atom. The van der Waals surface area contributed by atoms with E-state index in [0.717, 1.165) is 0 Å². The Kier molecular flexibility index (Phi) is 4.34. The molecule has 0 aliphatic carbocycles. The molecule has 1 aliphatic heterocycles. The summed E-state index contributed by atoms with van der Waals surface area (Å²) in [7, 11) is 0. The molecule has 1 aromatic rings. The Balaban J connectivity index is 2.62. The molecule has 0 saturated heterocycles. The smallest absolute Gasteiger partial charge is 0.0816 e. The summed E-state index contributed by atoms with van der Waals surface area (Å²) >= 11 is 0. The molecule has 2 atom stereocenters. The van der Waals surface area contributed by atoms with Gasteiger partial charge in [-0.05, 0) is 41.9 Å². The lowest BCUT2D eigenvalue weighted by Gasteiger charge is -2.51. The third-order valence-corrected chi connectivity index (χ3v) is 4.47. The van der Waals surface area contributed by atoms with E-state index >= 15 is 0 Å². The van der Waals surface area contributed by atoms with Gasteiger partial charge in [0, 0.05) is 5.92 Å². The molecule has 0 aromatic heterocycles. The summed E-state index contributed by atoms with van der Waals surface area (Å²) in [5, 5.41) is 0. The van der Waals surface area contributed by atoms with Crippen LogP contribution in [0.3, 0.4) is 0 Å². The molecule has 0 spiro atoms. The maximum atomic E-state index is 6.55. The van der Waals surface area contributed by atoms with Crippen molar-refractivity contribution in [2.24, 2.45) is 16.7 Å². The molecule has 122 valence electrons. The summed E-state index contributed by atoms with van der Waals surface area (Å²) in [4.78, 5) is 0. The van der Waals surface area contributed by atoms with Crippen LogP contribution in [0.15, 0.2) is 36.4 Å². The summed E-state index contributed by atoms with van der Waals surface area (Å²) in [6.07, 6.45) is 2.53. The summed E-state index contributed by atoms with van der Waals surface area (Å²) < 4.78 is 6.55. The monoisotopic (exact) mass is 300 g/mol. The van der Waals surface area contributed by atoms with Crippen LogP contribution in [0.2, 0.25) is 0 Å². The van der Waals surface area contributed by atoms with Crippen molar-refractivity contribution in [3.05, 3.63) is 42.0 Å². The third-order valence-electron chi connectivity index (χ3n) is 4.47. The predicted octanol–water partition coefficient (Wildman–Crippen LogP) is 5.96. The van der Waals surface area contributed by atoms with E-state index in [4.69, 9.17) is 4.74 Å². The van der Waals surface area contributed by atoms with Crippen molar-refractivity contribution in [2.75, 3.05) is 0 Å². The average Bonchev–Trinajstić information content (AvgIpc) is 2.35. The average molecular weight is 300 g/mol. The molecule has 0 N–H and O–H groups in total. The summed E-state index contributed by atoms with van der Waals surface area (Å²) in [5.41, 5.74) is 2.78. The van der Waals surface area contributed by atoms with Crippen molar-refractivity contribution in [1.29, 1.82) is 0 Å². The van der Waals surface area contributed by atoms with Gasteiger partial charge < -0.3 is 4.74 Å². The number of benzene rings is 1. The largest absolute Gasteiger partial charge is 0.367 e. The van der Waals surface area contributed by atoms with Crippen molar-refractivity contribution in [1.82, 2.24) is 0 Å². The molecule has 0 amide bonds. The first kappa shape index (κ1) is 17.3. The van der Waals surface area contributed by atoms with Crippen molar-refractivity contribution >= 4 is 5.57 Å². The van der Waals surface area contributed by atoms with Gasteiger partial charge in [0.25, 0.3) is 0 Å². The van der Waals surface area contributed by atoms with Gasteiger partial charge in [0.05, 0.1) is 11.7 Å². The maximum Gasteiger partial charge on any atom is 0.0816 e. The number of rotatable bonds is 1. The SMILES string of the molecule is CC1(C)C=C(c2ccccc2)C(C(C)(C)C)C(C(C)(C)C)O1. The lowest BCUT2D eigenvalue weighted by molar-refractivity contribution is -0.132. The van der Waals surface area contributed by atoms with Gasteiger partial charge >= 0.3 is 0 Å². The number of hydrogen-bond acceptors (Lipinski definition) is 1. The van der Waals surface area contributed by atoms with E-state index in [1.54, 1.807) is 0 Å². The standard InChI is InChI=1S/C21H32O/c1-19(2,3)17-16(15-12-10-9-11-13-15)14-21(7,8)22-18(17)20(4,5)6/h9-14,17-18H,1-8H3. The van der Waals surface area contributed by atoms with Crippen LogP contribution >= 0.6 is 0 Å². The molecular weight excluding hydrogens is 268 g/mol. The molecule has 1 heterocycles. The van der Waals surface area contributed by atoms with Crippen LogP contribution < -0.4 is 0 Å². The molecule has 0 fully saturated rings. The summed E-state index contributed by atoms with van der Waals surface area (Å²) in [6, 6.07) is 10.8. The molecule has 0 saturated carbocycles. The van der Waals surface area contributed by atoms with Crippen LogP contribution in [-0.4, -0.2) is 11.7 Å². The van der Waals surface area contributed by atoms with E-state index in [-0.39, 0.29) is 22.5 Å². The predicted molar refractivity (Wildman–Crippen MR) is 95.8 cm³/mol. The lowest BCUT2D eigenvalue weighted by atomic mass is 9.63. The fraction of sp³-hybridized carbons (Fsp3) is 0.619. The maximum absolute atomic E-state index is 6.55. The van der Waals surface area contributed by atoms with E-state index in [0.29, 0.717) is 5.92 Å². The molecule has 1 heteroatoms. The van der Waals surface area contributed by atoms with Crippen molar-refractivity contribution in [3.63, 3.8) is 0 Å². The van der Waals surface area contributed by atoms with E-state index in [2.05, 4.69) is 91.8 Å². The van der Waals surface area contributed by atoms with Gasteiger partial charge in [-0.25, -0.2) is 0 Å². The zero-order valence-electron chi connectivity index (χ0n) is 15.5. The molecule has 1 aromatic carbocycles. The van der Waals surface area contributed by atoms with Gasteiger partial charge in [0.1, 0.15) is 0 Å². The topological polar surface area (TPSA) is 9.23 Å². The van der Waals surface area contributed by atoms with Gasteiger partial charge in [0.2, 0.25) is 0 Å². The van der Waals surface area contributed by atoms with Gasteiger partial charge in [-0.3, -0.25) is 0 Å². The first-order valence-corrected chi connectivity index (χ1v) is 8.38. The highest BCUT2D eigenvalue weighted by molar-refractivity contribution is 5.70. The van der Waals surface area contributed by atoms with Crippen molar-refractivity contribution in [3.8, 4) is 0 Å². The quantitative estimate of drug-likeness (QED) is 0.622. The zero-order valence-corrected chi connectivity index (χ0v) is 15.5. The Bertz CT molecular complexity index is 538. The first-order valence-electron chi connectivity index (χ1n) is 8.38. The van der Waals surface area contributed by atoms with E-state index in [9.17, 15) is 0 Å². The minimum Gasteiger partial charge on any atom is -0.367 e. The highest BCUT2D eigenvalue weighted by Crippen LogP contribution is 2.50. The number of hydrogen-bond donors (Lipinski definition) is 0. The molecule has 1 nitrogen and oxygen atoms in total. The molecule has 2 unspecified atom stereocenters. The van der Waals surface area contributed by atoms with Gasteiger partial charge in [-0.1, -0.05) is 71.9 Å². The van der Waals surface area contributed by atoms with Gasteiger partial charge in [-0.2, -0.15) is 0 Å².